The van der Waals surface area contributed by atoms with Crippen LogP contribution in [-0.4, -0.2) is 13.1 Å². The molecule has 1 atom stereocenters. The lowest BCUT2D eigenvalue weighted by Gasteiger charge is -2.35. The third-order valence-corrected chi connectivity index (χ3v) is 3.91. The van der Waals surface area contributed by atoms with Gasteiger partial charge >= 0.3 is 0 Å². The van der Waals surface area contributed by atoms with Crippen LogP contribution in [0.3, 0.4) is 0 Å². The summed E-state index contributed by atoms with van der Waals surface area (Å²) in [7, 11) is 0. The highest BCUT2D eigenvalue weighted by Crippen LogP contribution is 2.33. The van der Waals surface area contributed by atoms with E-state index in [0.29, 0.717) is 5.56 Å². The highest BCUT2D eigenvalue weighted by Gasteiger charge is 2.31. The predicted octanol–water partition coefficient (Wildman–Crippen LogP) is 4.38. The maximum Gasteiger partial charge on any atom is 0.165 e. The molecule has 1 heterocycles. The fraction of sp³-hybridized carbons (Fsp3) is 0.250. The predicted molar refractivity (Wildman–Crippen MR) is 84.8 cm³/mol. The third-order valence-electron chi connectivity index (χ3n) is 3.60. The molecule has 2 aromatic carbocycles. The summed E-state index contributed by atoms with van der Waals surface area (Å²) >= 11 is 5.71. The molecule has 3 rings (SSSR count). The van der Waals surface area contributed by atoms with Gasteiger partial charge in [0.2, 0.25) is 0 Å². The van der Waals surface area contributed by atoms with E-state index in [1.807, 2.05) is 0 Å². The van der Waals surface area contributed by atoms with Crippen molar-refractivity contribution in [2.24, 2.45) is 5.92 Å². The Morgan fingerprint density at radius 2 is 1.82 bits per heavy atom. The van der Waals surface area contributed by atoms with Gasteiger partial charge in [0.05, 0.1) is 5.02 Å². The maximum absolute atomic E-state index is 13.8. The first-order valence-electron chi connectivity index (χ1n) is 6.72. The van der Waals surface area contributed by atoms with E-state index in [9.17, 15) is 8.78 Å². The van der Waals surface area contributed by atoms with Gasteiger partial charge in [0.25, 0.3) is 0 Å². The Labute approximate surface area is 138 Å². The number of hydrogen-bond donors (Lipinski definition) is 1. The van der Waals surface area contributed by atoms with E-state index < -0.39 is 17.7 Å². The molecule has 0 aliphatic carbocycles. The van der Waals surface area contributed by atoms with Crippen LogP contribution >= 0.6 is 24.0 Å². The van der Waals surface area contributed by atoms with E-state index in [0.717, 1.165) is 13.1 Å². The highest BCUT2D eigenvalue weighted by atomic mass is 35.5. The van der Waals surface area contributed by atoms with E-state index >= 15 is 0 Å². The number of nitrogens with one attached hydrogen (secondary N) is 1. The van der Waals surface area contributed by atoms with E-state index in [4.69, 9.17) is 16.3 Å². The van der Waals surface area contributed by atoms with Gasteiger partial charge in [-0.05, 0) is 29.8 Å². The Morgan fingerprint density at radius 3 is 2.41 bits per heavy atom. The Kier molecular flexibility index (Phi) is 5.62. The number of halogens is 4. The second-order valence-electron chi connectivity index (χ2n) is 5.06. The number of benzene rings is 2. The second-order valence-corrected chi connectivity index (χ2v) is 5.47. The van der Waals surface area contributed by atoms with Crippen molar-refractivity contribution >= 4 is 24.0 Å². The molecule has 0 radical (unpaired) electrons. The van der Waals surface area contributed by atoms with Gasteiger partial charge in [0, 0.05) is 19.0 Å². The first-order valence-corrected chi connectivity index (χ1v) is 7.10. The zero-order valence-electron chi connectivity index (χ0n) is 11.6. The highest BCUT2D eigenvalue weighted by molar-refractivity contribution is 6.30. The van der Waals surface area contributed by atoms with Gasteiger partial charge in [-0.1, -0.05) is 29.8 Å². The van der Waals surface area contributed by atoms with Crippen LogP contribution in [0, 0.1) is 17.6 Å². The van der Waals surface area contributed by atoms with E-state index in [-0.39, 0.29) is 29.1 Å². The van der Waals surface area contributed by atoms with Crippen molar-refractivity contribution < 1.29 is 13.5 Å². The number of rotatable bonds is 4. The molecule has 2 nitrogen and oxygen atoms in total. The number of ether oxygens (including phenoxy) is 1. The second kappa shape index (κ2) is 7.27. The van der Waals surface area contributed by atoms with Gasteiger partial charge in [-0.2, -0.15) is 0 Å². The molecule has 1 N–H and O–H groups in total. The van der Waals surface area contributed by atoms with Crippen molar-refractivity contribution in [3.63, 3.8) is 0 Å². The van der Waals surface area contributed by atoms with Crippen molar-refractivity contribution in [3.8, 4) is 5.75 Å². The normalized spacial score (nSPS) is 15.6. The summed E-state index contributed by atoms with van der Waals surface area (Å²) in [4.78, 5) is 0. The summed E-state index contributed by atoms with van der Waals surface area (Å²) < 4.78 is 33.2. The molecule has 1 aliphatic heterocycles. The number of hydrogen-bond acceptors (Lipinski definition) is 2. The van der Waals surface area contributed by atoms with E-state index in [2.05, 4.69) is 5.32 Å². The van der Waals surface area contributed by atoms with Crippen LogP contribution in [0.1, 0.15) is 11.7 Å². The average Bonchev–Trinajstić information content (AvgIpc) is 2.41. The van der Waals surface area contributed by atoms with E-state index in [1.54, 1.807) is 24.3 Å². The van der Waals surface area contributed by atoms with Gasteiger partial charge in [-0.15, -0.1) is 12.4 Å². The molecule has 1 saturated heterocycles. The Morgan fingerprint density at radius 1 is 1.09 bits per heavy atom. The summed E-state index contributed by atoms with van der Waals surface area (Å²) in [6.45, 7) is 1.51. The van der Waals surface area contributed by atoms with Gasteiger partial charge in [0.15, 0.2) is 11.6 Å². The van der Waals surface area contributed by atoms with Crippen LogP contribution in [0.25, 0.3) is 0 Å². The van der Waals surface area contributed by atoms with Crippen molar-refractivity contribution in [1.82, 2.24) is 5.32 Å². The van der Waals surface area contributed by atoms with Crippen LogP contribution in [-0.2, 0) is 0 Å². The Hall–Kier alpha value is -1.36. The van der Waals surface area contributed by atoms with Crippen molar-refractivity contribution in [2.45, 2.75) is 6.10 Å². The molecular formula is C16H15Cl2F2NO. The Balaban J connectivity index is 0.00000176. The topological polar surface area (TPSA) is 21.3 Å². The monoisotopic (exact) mass is 345 g/mol. The Bertz CT molecular complexity index is 650. The van der Waals surface area contributed by atoms with Crippen molar-refractivity contribution in [3.05, 3.63) is 64.7 Å². The molecule has 2 aromatic rings. The van der Waals surface area contributed by atoms with Crippen LogP contribution < -0.4 is 10.1 Å². The first-order chi connectivity index (χ1) is 10.1. The molecule has 118 valence electrons. The lowest BCUT2D eigenvalue weighted by molar-refractivity contribution is 0.0948. The standard InChI is InChI=1S/C16H14ClF2NO.ClH/c17-12-6-5-10(7-14(12)19)16(11-8-20-9-11)21-15-4-2-1-3-13(15)18;/h1-7,11,16,20H,8-9H2;1H/t16-;/m1./s1. The first kappa shape index (κ1) is 17.0. The average molecular weight is 346 g/mol. The van der Waals surface area contributed by atoms with Crippen LogP contribution in [0.4, 0.5) is 8.78 Å². The third kappa shape index (κ3) is 3.51. The SMILES string of the molecule is Cl.Fc1cc([C@@H](Oc2ccccc2F)C2CNC2)ccc1Cl. The van der Waals surface area contributed by atoms with Gasteiger partial charge < -0.3 is 10.1 Å². The fourth-order valence-corrected chi connectivity index (χ4v) is 2.45. The summed E-state index contributed by atoms with van der Waals surface area (Å²) in [5.41, 5.74) is 0.659. The summed E-state index contributed by atoms with van der Waals surface area (Å²) in [5, 5.41) is 3.21. The summed E-state index contributed by atoms with van der Waals surface area (Å²) in [5.74, 6) is -0.581. The minimum Gasteiger partial charge on any atom is -0.482 e. The molecular weight excluding hydrogens is 331 g/mol. The molecule has 1 aliphatic rings. The molecule has 0 saturated carbocycles. The molecule has 1 fully saturated rings. The minimum absolute atomic E-state index is 0. The maximum atomic E-state index is 13.8. The molecule has 6 heteroatoms. The summed E-state index contributed by atoms with van der Waals surface area (Å²) in [6, 6.07) is 10.8. The van der Waals surface area contributed by atoms with Gasteiger partial charge in [0.1, 0.15) is 11.9 Å². The molecule has 22 heavy (non-hydrogen) atoms. The van der Waals surface area contributed by atoms with Crippen LogP contribution in [0.15, 0.2) is 42.5 Å². The molecule has 0 bridgehead atoms. The molecule has 0 amide bonds. The lowest BCUT2D eigenvalue weighted by Crippen LogP contribution is -2.46. The van der Waals surface area contributed by atoms with Crippen molar-refractivity contribution in [1.29, 1.82) is 0 Å². The summed E-state index contributed by atoms with van der Waals surface area (Å²) in [6.07, 6.45) is -0.407. The largest absolute Gasteiger partial charge is 0.482 e. The number of para-hydroxylation sites is 1. The fourth-order valence-electron chi connectivity index (χ4n) is 2.33. The molecule has 0 spiro atoms. The zero-order chi connectivity index (χ0) is 14.8. The van der Waals surface area contributed by atoms with Crippen LogP contribution in [0.5, 0.6) is 5.75 Å². The molecule has 0 aromatic heterocycles. The minimum atomic E-state index is -0.497. The lowest BCUT2D eigenvalue weighted by atomic mass is 9.90. The molecule has 0 unspecified atom stereocenters. The quantitative estimate of drug-likeness (QED) is 0.887. The van der Waals surface area contributed by atoms with Gasteiger partial charge in [-0.3, -0.25) is 0 Å². The smallest absolute Gasteiger partial charge is 0.165 e. The zero-order valence-corrected chi connectivity index (χ0v) is 13.1. The van der Waals surface area contributed by atoms with Gasteiger partial charge in [-0.25, -0.2) is 8.78 Å². The van der Waals surface area contributed by atoms with E-state index in [1.165, 1.54) is 18.2 Å². The van der Waals surface area contributed by atoms with Crippen molar-refractivity contribution in [2.75, 3.05) is 13.1 Å². The van der Waals surface area contributed by atoms with Crippen LogP contribution in [0.2, 0.25) is 5.02 Å².